The van der Waals surface area contributed by atoms with E-state index in [-0.39, 0.29) is 15.8 Å². The smallest absolute Gasteiger partial charge is 0.394 e. The van der Waals surface area contributed by atoms with Crippen molar-refractivity contribution in [3.05, 3.63) is 22.2 Å². The molecule has 0 unspecified atom stereocenters. The van der Waals surface area contributed by atoms with E-state index in [1.165, 1.54) is 12.1 Å². The van der Waals surface area contributed by atoms with Crippen molar-refractivity contribution in [1.29, 1.82) is 0 Å². The molecule has 6 nitrogen and oxygen atoms in total. The number of hydrogen-bond acceptors (Lipinski definition) is 4. The van der Waals surface area contributed by atoms with Crippen LogP contribution in [-0.4, -0.2) is 22.6 Å². The standard InChI is InChI=1S/C6H5Cl2NO.H2O4S/c7-4-1-3(9)2-5(8)6(4)10;1-5(2,3)4/h1-2,10H,9H2;(H2,1,2,3,4). The Hall–Kier alpha value is -0.730. The molecule has 0 atom stereocenters. The Morgan fingerprint density at radius 2 is 1.40 bits per heavy atom. The largest absolute Gasteiger partial charge is 0.505 e. The number of hydrogen-bond donors (Lipinski definition) is 4. The quantitative estimate of drug-likeness (QED) is 0.324. The summed E-state index contributed by atoms with van der Waals surface area (Å²) in [4.78, 5) is 0. The van der Waals surface area contributed by atoms with Crippen LogP contribution in [-0.2, 0) is 10.4 Å². The monoisotopic (exact) mass is 275 g/mol. The molecule has 0 aliphatic heterocycles. The highest BCUT2D eigenvalue weighted by Crippen LogP contribution is 2.33. The molecule has 1 aromatic carbocycles. The van der Waals surface area contributed by atoms with Gasteiger partial charge >= 0.3 is 10.4 Å². The topological polar surface area (TPSA) is 121 Å². The van der Waals surface area contributed by atoms with Gasteiger partial charge in [-0.1, -0.05) is 23.2 Å². The Labute approximate surface area is 95.8 Å². The van der Waals surface area contributed by atoms with Gasteiger partial charge in [-0.05, 0) is 12.1 Å². The minimum absolute atomic E-state index is 0.127. The van der Waals surface area contributed by atoms with Crippen LogP contribution in [0.3, 0.4) is 0 Å². The van der Waals surface area contributed by atoms with E-state index >= 15 is 0 Å². The average molecular weight is 276 g/mol. The molecule has 0 aliphatic rings. The molecule has 0 saturated carbocycles. The maximum atomic E-state index is 9.01. The van der Waals surface area contributed by atoms with Crippen LogP contribution in [0.5, 0.6) is 5.75 Å². The van der Waals surface area contributed by atoms with Crippen LogP contribution >= 0.6 is 23.2 Å². The number of anilines is 1. The summed E-state index contributed by atoms with van der Waals surface area (Å²) in [5, 5.41) is 9.35. The highest BCUT2D eigenvalue weighted by Gasteiger charge is 2.03. The second-order valence-corrected chi connectivity index (χ2v) is 3.99. The van der Waals surface area contributed by atoms with Crippen molar-refractivity contribution in [2.24, 2.45) is 0 Å². The van der Waals surface area contributed by atoms with Crippen molar-refractivity contribution >= 4 is 39.3 Å². The summed E-state index contributed by atoms with van der Waals surface area (Å²) in [5.74, 6) is -0.127. The Morgan fingerprint density at radius 1 is 1.13 bits per heavy atom. The van der Waals surface area contributed by atoms with Gasteiger partial charge in [-0.15, -0.1) is 0 Å². The van der Waals surface area contributed by atoms with E-state index in [1.54, 1.807) is 0 Å². The molecule has 0 radical (unpaired) electrons. The molecule has 0 heterocycles. The van der Waals surface area contributed by atoms with Gasteiger partial charge < -0.3 is 10.8 Å². The van der Waals surface area contributed by atoms with Crippen LogP contribution in [0.1, 0.15) is 0 Å². The number of halogens is 2. The third-order valence-electron chi connectivity index (χ3n) is 1.04. The lowest BCUT2D eigenvalue weighted by Gasteiger charge is -1.99. The number of nitrogens with two attached hydrogens (primary N) is 1. The molecular weight excluding hydrogens is 269 g/mol. The first-order valence-corrected chi connectivity index (χ1v) is 5.40. The molecule has 0 bridgehead atoms. The van der Waals surface area contributed by atoms with Crippen molar-refractivity contribution in [2.45, 2.75) is 0 Å². The summed E-state index contributed by atoms with van der Waals surface area (Å²) >= 11 is 11.0. The zero-order chi connectivity index (χ0) is 12.2. The second kappa shape index (κ2) is 5.38. The predicted molar refractivity (Wildman–Crippen MR) is 56.7 cm³/mol. The molecular formula is C6H7Cl2NO5S. The van der Waals surface area contributed by atoms with Gasteiger partial charge in [0.15, 0.2) is 5.75 Å². The van der Waals surface area contributed by atoms with Gasteiger partial charge in [-0.2, -0.15) is 8.42 Å². The van der Waals surface area contributed by atoms with Gasteiger partial charge in [-0.25, -0.2) is 0 Å². The first-order chi connectivity index (χ1) is 6.61. The number of phenolic OH excluding ortho intramolecular Hbond substituents is 1. The minimum atomic E-state index is -4.67. The number of benzene rings is 1. The fourth-order valence-corrected chi connectivity index (χ4v) is 1.09. The molecule has 0 spiro atoms. The Kier molecular flexibility index (Phi) is 5.12. The number of rotatable bonds is 0. The normalized spacial score (nSPS) is 10.4. The summed E-state index contributed by atoms with van der Waals surface area (Å²) in [6, 6.07) is 2.87. The van der Waals surface area contributed by atoms with Crippen molar-refractivity contribution in [3.63, 3.8) is 0 Å². The Bertz CT molecular complexity index is 416. The lowest BCUT2D eigenvalue weighted by molar-refractivity contribution is 0.381. The van der Waals surface area contributed by atoms with E-state index in [0.717, 1.165) is 0 Å². The predicted octanol–water partition coefficient (Wildman–Crippen LogP) is 1.63. The summed E-state index contributed by atoms with van der Waals surface area (Å²) in [6.07, 6.45) is 0. The van der Waals surface area contributed by atoms with E-state index in [1.807, 2.05) is 0 Å². The van der Waals surface area contributed by atoms with Gasteiger partial charge in [0.1, 0.15) is 0 Å². The molecule has 0 aliphatic carbocycles. The van der Waals surface area contributed by atoms with Crippen molar-refractivity contribution < 1.29 is 22.6 Å². The van der Waals surface area contributed by atoms with Crippen molar-refractivity contribution in [3.8, 4) is 5.75 Å². The minimum Gasteiger partial charge on any atom is -0.505 e. The lowest BCUT2D eigenvalue weighted by atomic mass is 10.3. The number of aromatic hydroxyl groups is 1. The molecule has 5 N–H and O–H groups in total. The summed E-state index contributed by atoms with van der Waals surface area (Å²) in [7, 11) is -4.67. The van der Waals surface area contributed by atoms with E-state index in [9.17, 15) is 0 Å². The molecule has 86 valence electrons. The summed E-state index contributed by atoms with van der Waals surface area (Å²) in [6.45, 7) is 0. The molecule has 1 aromatic rings. The van der Waals surface area contributed by atoms with E-state index in [2.05, 4.69) is 0 Å². The van der Waals surface area contributed by atoms with Crippen LogP contribution in [0.2, 0.25) is 10.0 Å². The van der Waals surface area contributed by atoms with Crippen LogP contribution in [0, 0.1) is 0 Å². The SMILES string of the molecule is Nc1cc(Cl)c(O)c(Cl)c1.O=S(=O)(O)O. The molecule has 0 amide bonds. The van der Waals surface area contributed by atoms with Gasteiger partial charge in [0.2, 0.25) is 0 Å². The molecule has 0 fully saturated rings. The third-order valence-corrected chi connectivity index (χ3v) is 1.62. The van der Waals surface area contributed by atoms with E-state index < -0.39 is 10.4 Å². The molecule has 9 heteroatoms. The van der Waals surface area contributed by atoms with Crippen LogP contribution < -0.4 is 5.73 Å². The van der Waals surface area contributed by atoms with E-state index in [0.29, 0.717) is 5.69 Å². The van der Waals surface area contributed by atoms with E-state index in [4.69, 9.17) is 51.6 Å². The molecule has 0 aromatic heterocycles. The first kappa shape index (κ1) is 14.3. The van der Waals surface area contributed by atoms with Gasteiger partial charge in [0, 0.05) is 5.69 Å². The Balaban J connectivity index is 0.000000336. The summed E-state index contributed by atoms with van der Waals surface area (Å²) < 4.78 is 31.6. The van der Waals surface area contributed by atoms with Gasteiger partial charge in [0.25, 0.3) is 0 Å². The first-order valence-electron chi connectivity index (χ1n) is 3.24. The third kappa shape index (κ3) is 7.23. The van der Waals surface area contributed by atoms with Crippen LogP contribution in [0.15, 0.2) is 12.1 Å². The lowest BCUT2D eigenvalue weighted by Crippen LogP contribution is -1.89. The average Bonchev–Trinajstić information content (AvgIpc) is 1.96. The van der Waals surface area contributed by atoms with Crippen molar-refractivity contribution in [2.75, 3.05) is 5.73 Å². The number of phenols is 1. The zero-order valence-electron chi connectivity index (χ0n) is 7.05. The van der Waals surface area contributed by atoms with Crippen LogP contribution in [0.25, 0.3) is 0 Å². The zero-order valence-corrected chi connectivity index (χ0v) is 9.38. The van der Waals surface area contributed by atoms with Crippen molar-refractivity contribution in [1.82, 2.24) is 0 Å². The molecule has 0 saturated heterocycles. The maximum Gasteiger partial charge on any atom is 0.394 e. The van der Waals surface area contributed by atoms with Gasteiger partial charge in [0.05, 0.1) is 10.0 Å². The second-order valence-electron chi connectivity index (χ2n) is 2.28. The van der Waals surface area contributed by atoms with Gasteiger partial charge in [-0.3, -0.25) is 9.11 Å². The highest BCUT2D eigenvalue weighted by molar-refractivity contribution is 7.79. The highest BCUT2D eigenvalue weighted by atomic mass is 35.5. The summed E-state index contributed by atoms with van der Waals surface area (Å²) in [5.41, 5.74) is 5.79. The number of nitrogen functional groups attached to an aromatic ring is 1. The Morgan fingerprint density at radius 3 is 1.67 bits per heavy atom. The maximum absolute atomic E-state index is 9.01. The van der Waals surface area contributed by atoms with Crippen LogP contribution in [0.4, 0.5) is 5.69 Å². The fourth-order valence-electron chi connectivity index (χ4n) is 0.585. The fraction of sp³-hybridized carbons (Fsp3) is 0. The molecule has 15 heavy (non-hydrogen) atoms. The molecule has 1 rings (SSSR count).